The molecule has 3 amide bonds. The lowest BCUT2D eigenvalue weighted by molar-refractivity contribution is 0.152. The van der Waals surface area contributed by atoms with E-state index >= 15 is 0 Å². The Morgan fingerprint density at radius 3 is 2.70 bits per heavy atom. The molecule has 5 nitrogen and oxygen atoms in total. The highest BCUT2D eigenvalue weighted by molar-refractivity contribution is 9.10. The summed E-state index contributed by atoms with van der Waals surface area (Å²) in [4.78, 5) is 27.2. The number of imide groups is 1. The Morgan fingerprint density at radius 2 is 1.96 bits per heavy atom. The van der Waals surface area contributed by atoms with Crippen LogP contribution in [0.5, 0.6) is 0 Å². The van der Waals surface area contributed by atoms with Crippen LogP contribution >= 0.6 is 15.9 Å². The van der Waals surface area contributed by atoms with Crippen LogP contribution in [0.1, 0.15) is 25.3 Å². The number of amides is 3. The maximum absolute atomic E-state index is 14.6. The molecule has 0 saturated heterocycles. The molecule has 8 heteroatoms. The molecule has 0 N–H and O–H groups in total. The first-order chi connectivity index (χ1) is 13.0. The summed E-state index contributed by atoms with van der Waals surface area (Å²) in [5, 5.41) is 0. The van der Waals surface area contributed by atoms with Gasteiger partial charge in [0.1, 0.15) is 11.5 Å². The number of carbonyl (C=O) groups is 2. The third-order valence-electron chi connectivity index (χ3n) is 4.18. The molecule has 3 rings (SSSR count). The minimum Gasteiger partial charge on any atom is -0.449 e. The second-order valence-corrected chi connectivity index (χ2v) is 6.85. The van der Waals surface area contributed by atoms with E-state index in [0.29, 0.717) is 17.7 Å². The second kappa shape index (κ2) is 8.04. The van der Waals surface area contributed by atoms with Gasteiger partial charge in [0, 0.05) is 0 Å². The Bertz CT molecular complexity index is 891. The van der Waals surface area contributed by atoms with Crippen LogP contribution in [0.15, 0.2) is 40.9 Å². The van der Waals surface area contributed by atoms with E-state index in [-0.39, 0.29) is 17.6 Å². The standard InChI is InChI=1S/C19H17BrF2N2O3/c1-2-3-10-27-19(26)24-15-7-5-4-6-12(15)11-23(18(24)25)17-14(21)9-8-13(20)16(17)22/h4-9H,2-3,10-11H2,1H3. The highest BCUT2D eigenvalue weighted by Crippen LogP contribution is 2.36. The number of rotatable bonds is 4. The Morgan fingerprint density at radius 1 is 1.22 bits per heavy atom. The predicted molar refractivity (Wildman–Crippen MR) is 101 cm³/mol. The largest absolute Gasteiger partial charge is 0.449 e. The lowest BCUT2D eigenvalue weighted by Gasteiger charge is -2.35. The van der Waals surface area contributed by atoms with Crippen molar-refractivity contribution in [1.82, 2.24) is 0 Å². The number of anilines is 2. The summed E-state index contributed by atoms with van der Waals surface area (Å²) in [6, 6.07) is 8.09. The summed E-state index contributed by atoms with van der Waals surface area (Å²) in [6.07, 6.45) is 0.591. The molecule has 27 heavy (non-hydrogen) atoms. The third-order valence-corrected chi connectivity index (χ3v) is 4.79. The maximum atomic E-state index is 14.6. The monoisotopic (exact) mass is 438 g/mol. The van der Waals surface area contributed by atoms with Gasteiger partial charge in [0.15, 0.2) is 5.82 Å². The van der Waals surface area contributed by atoms with Gasteiger partial charge in [0.25, 0.3) is 0 Å². The van der Waals surface area contributed by atoms with Gasteiger partial charge in [-0.15, -0.1) is 0 Å². The Hall–Kier alpha value is -2.48. The number of unbranched alkanes of at least 4 members (excludes halogenated alkanes) is 1. The van der Waals surface area contributed by atoms with Crippen molar-refractivity contribution in [3.8, 4) is 0 Å². The van der Waals surface area contributed by atoms with Crippen LogP contribution in [0, 0.1) is 11.6 Å². The minimum absolute atomic E-state index is 0.0163. The summed E-state index contributed by atoms with van der Waals surface area (Å²) < 4.78 is 34.1. The average Bonchev–Trinajstić information content (AvgIpc) is 2.65. The van der Waals surface area contributed by atoms with Gasteiger partial charge < -0.3 is 4.74 Å². The fraction of sp³-hybridized carbons (Fsp3) is 0.263. The number of ether oxygens (including phenoxy) is 1. The second-order valence-electron chi connectivity index (χ2n) is 5.99. The molecule has 0 fully saturated rings. The van der Waals surface area contributed by atoms with Gasteiger partial charge in [0.2, 0.25) is 0 Å². The van der Waals surface area contributed by atoms with Crippen LogP contribution in [0.3, 0.4) is 0 Å². The van der Waals surface area contributed by atoms with E-state index in [2.05, 4.69) is 15.9 Å². The SMILES string of the molecule is CCCCOC(=O)N1C(=O)N(c2c(F)ccc(Br)c2F)Cc2ccccc21. The van der Waals surface area contributed by atoms with Crippen molar-refractivity contribution in [1.29, 1.82) is 0 Å². The number of hydrogen-bond acceptors (Lipinski definition) is 3. The molecular weight excluding hydrogens is 422 g/mol. The van der Waals surface area contributed by atoms with Gasteiger partial charge in [-0.05, 0) is 46.1 Å². The van der Waals surface area contributed by atoms with Crippen molar-refractivity contribution in [3.63, 3.8) is 0 Å². The average molecular weight is 439 g/mol. The summed E-state index contributed by atoms with van der Waals surface area (Å²) in [5.74, 6) is -1.82. The molecule has 0 radical (unpaired) electrons. The zero-order chi connectivity index (χ0) is 19.6. The van der Waals surface area contributed by atoms with Crippen LogP contribution in [-0.4, -0.2) is 18.7 Å². The molecule has 2 aromatic rings. The molecule has 142 valence electrons. The minimum atomic E-state index is -0.915. The van der Waals surface area contributed by atoms with E-state index in [1.54, 1.807) is 24.3 Å². The van der Waals surface area contributed by atoms with Gasteiger partial charge >= 0.3 is 12.1 Å². The molecule has 0 spiro atoms. The van der Waals surface area contributed by atoms with Gasteiger partial charge in [0.05, 0.1) is 23.3 Å². The van der Waals surface area contributed by atoms with Crippen molar-refractivity contribution in [2.45, 2.75) is 26.3 Å². The smallest absolute Gasteiger partial charge is 0.422 e. The Balaban J connectivity index is 2.04. The van der Waals surface area contributed by atoms with Crippen LogP contribution in [-0.2, 0) is 11.3 Å². The fourth-order valence-electron chi connectivity index (χ4n) is 2.81. The summed E-state index contributed by atoms with van der Waals surface area (Å²) >= 11 is 3.00. The molecule has 0 aromatic heterocycles. The Kier molecular flexibility index (Phi) is 5.74. The van der Waals surface area contributed by atoms with E-state index in [1.807, 2.05) is 6.92 Å². The number of nitrogens with zero attached hydrogens (tertiary/aromatic N) is 2. The lowest BCUT2D eigenvalue weighted by atomic mass is 10.1. The van der Waals surface area contributed by atoms with Crippen molar-refractivity contribution < 1.29 is 23.1 Å². The highest BCUT2D eigenvalue weighted by atomic mass is 79.9. The number of carbonyl (C=O) groups excluding carboxylic acids is 2. The Labute approximate surface area is 163 Å². The summed E-state index contributed by atoms with van der Waals surface area (Å²) in [5.41, 5.74) is 0.398. The van der Waals surface area contributed by atoms with E-state index in [9.17, 15) is 18.4 Å². The van der Waals surface area contributed by atoms with Crippen LogP contribution in [0.4, 0.5) is 29.7 Å². The lowest BCUT2D eigenvalue weighted by Crippen LogP contribution is -2.51. The highest BCUT2D eigenvalue weighted by Gasteiger charge is 2.38. The van der Waals surface area contributed by atoms with E-state index in [0.717, 1.165) is 22.3 Å². The quantitative estimate of drug-likeness (QED) is 0.460. The fourth-order valence-corrected chi connectivity index (χ4v) is 3.13. The number of halogens is 3. The van der Waals surface area contributed by atoms with Crippen molar-refractivity contribution in [3.05, 3.63) is 58.1 Å². The van der Waals surface area contributed by atoms with E-state index in [4.69, 9.17) is 4.74 Å². The molecule has 0 unspecified atom stereocenters. The van der Waals surface area contributed by atoms with Crippen LogP contribution in [0.2, 0.25) is 0 Å². The molecule has 1 aliphatic heterocycles. The number of fused-ring (bicyclic) bond motifs is 1. The number of para-hydroxylation sites is 1. The molecule has 0 saturated carbocycles. The first kappa shape index (κ1) is 19.3. The zero-order valence-electron chi connectivity index (χ0n) is 14.5. The normalized spacial score (nSPS) is 13.6. The first-order valence-corrected chi connectivity index (χ1v) is 9.24. The zero-order valence-corrected chi connectivity index (χ0v) is 16.1. The predicted octanol–water partition coefficient (Wildman–Crippen LogP) is 5.61. The summed E-state index contributed by atoms with van der Waals surface area (Å²) in [6.45, 7) is 2.02. The van der Waals surface area contributed by atoms with Crippen LogP contribution < -0.4 is 9.80 Å². The maximum Gasteiger partial charge on any atom is 0.422 e. The number of urea groups is 1. The molecule has 0 aliphatic carbocycles. The van der Waals surface area contributed by atoms with E-state index in [1.165, 1.54) is 6.07 Å². The molecule has 1 heterocycles. The van der Waals surface area contributed by atoms with Gasteiger partial charge in [-0.3, -0.25) is 4.90 Å². The molecule has 2 aromatic carbocycles. The van der Waals surface area contributed by atoms with Crippen LogP contribution in [0.25, 0.3) is 0 Å². The van der Waals surface area contributed by atoms with Crippen molar-refractivity contribution >= 4 is 39.4 Å². The first-order valence-electron chi connectivity index (χ1n) is 8.45. The summed E-state index contributed by atoms with van der Waals surface area (Å²) in [7, 11) is 0. The molecular formula is C19H17BrF2N2O3. The van der Waals surface area contributed by atoms with Gasteiger partial charge in [-0.25, -0.2) is 18.4 Å². The van der Waals surface area contributed by atoms with E-state index < -0.39 is 29.4 Å². The molecule has 0 bridgehead atoms. The molecule has 0 atom stereocenters. The van der Waals surface area contributed by atoms with Crippen molar-refractivity contribution in [2.75, 3.05) is 16.4 Å². The number of hydrogen-bond donors (Lipinski definition) is 0. The van der Waals surface area contributed by atoms with Crippen molar-refractivity contribution in [2.24, 2.45) is 0 Å². The third kappa shape index (κ3) is 3.66. The number of benzene rings is 2. The molecule has 1 aliphatic rings. The van der Waals surface area contributed by atoms with Gasteiger partial charge in [-0.2, -0.15) is 4.90 Å². The topological polar surface area (TPSA) is 49.9 Å². The van der Waals surface area contributed by atoms with Gasteiger partial charge in [-0.1, -0.05) is 31.5 Å².